The van der Waals surface area contributed by atoms with Crippen LogP contribution in [0.2, 0.25) is 0 Å². The Hall–Kier alpha value is -2.50. The van der Waals surface area contributed by atoms with Crippen LogP contribution >= 0.6 is 0 Å². The summed E-state index contributed by atoms with van der Waals surface area (Å²) < 4.78 is 10.1. The molecule has 0 atom stereocenters. The third-order valence-electron chi connectivity index (χ3n) is 4.06. The summed E-state index contributed by atoms with van der Waals surface area (Å²) in [6.07, 6.45) is 1.73. The van der Waals surface area contributed by atoms with Crippen LogP contribution in [-0.2, 0) is 0 Å². The van der Waals surface area contributed by atoms with Gasteiger partial charge in [0, 0.05) is 30.6 Å². The van der Waals surface area contributed by atoms with Gasteiger partial charge in [-0.25, -0.2) is 0 Å². The Labute approximate surface area is 128 Å². The summed E-state index contributed by atoms with van der Waals surface area (Å²) in [5.74, 6) is 1.37. The Morgan fingerprint density at radius 1 is 1.36 bits per heavy atom. The van der Waals surface area contributed by atoms with Crippen LogP contribution in [0.3, 0.4) is 0 Å². The van der Waals surface area contributed by atoms with Gasteiger partial charge < -0.3 is 19.9 Å². The number of carbonyl (C=O) groups excluding carboxylic acids is 1. The number of nitrogen functional groups attached to an aromatic ring is 1. The minimum Gasteiger partial charge on any atom is -0.497 e. The van der Waals surface area contributed by atoms with Crippen molar-refractivity contribution in [2.45, 2.75) is 18.8 Å². The molecule has 0 aliphatic carbocycles. The van der Waals surface area contributed by atoms with E-state index in [1.165, 1.54) is 0 Å². The van der Waals surface area contributed by atoms with E-state index in [0.29, 0.717) is 36.2 Å². The van der Waals surface area contributed by atoms with Gasteiger partial charge in [-0.1, -0.05) is 11.2 Å². The fraction of sp³-hybridized carbons (Fsp3) is 0.375. The number of piperidine rings is 1. The van der Waals surface area contributed by atoms with Crippen molar-refractivity contribution >= 4 is 11.8 Å². The molecule has 1 aromatic carbocycles. The molecule has 0 bridgehead atoms. The Morgan fingerprint density at radius 2 is 2.14 bits per heavy atom. The Morgan fingerprint density at radius 3 is 2.77 bits per heavy atom. The van der Waals surface area contributed by atoms with E-state index in [9.17, 15) is 4.79 Å². The molecule has 2 heterocycles. The topological polar surface area (TPSA) is 81.6 Å². The molecule has 1 aliphatic heterocycles. The Bertz CT molecular complexity index is 660. The second kappa shape index (κ2) is 6.09. The number of rotatable bonds is 3. The van der Waals surface area contributed by atoms with Crippen molar-refractivity contribution in [3.63, 3.8) is 0 Å². The van der Waals surface area contributed by atoms with Crippen LogP contribution in [0, 0.1) is 0 Å². The highest BCUT2D eigenvalue weighted by molar-refractivity contribution is 5.94. The van der Waals surface area contributed by atoms with Gasteiger partial charge in [0.1, 0.15) is 5.75 Å². The summed E-state index contributed by atoms with van der Waals surface area (Å²) in [6, 6.07) is 9.02. The molecule has 0 spiro atoms. The maximum atomic E-state index is 12.5. The smallest absolute Gasteiger partial charge is 0.253 e. The van der Waals surface area contributed by atoms with Gasteiger partial charge in [-0.15, -0.1) is 0 Å². The first-order valence-corrected chi connectivity index (χ1v) is 7.33. The number of ether oxygens (including phenoxy) is 1. The van der Waals surface area contributed by atoms with Gasteiger partial charge in [-0.3, -0.25) is 4.79 Å². The molecule has 0 radical (unpaired) electrons. The second-order valence-corrected chi connectivity index (χ2v) is 5.45. The molecular formula is C16H19N3O3. The number of nitrogens with two attached hydrogens (primary N) is 1. The highest BCUT2D eigenvalue weighted by atomic mass is 16.5. The first-order chi connectivity index (χ1) is 10.7. The predicted molar refractivity (Wildman–Crippen MR) is 81.8 cm³/mol. The summed E-state index contributed by atoms with van der Waals surface area (Å²) in [6.45, 7) is 1.40. The van der Waals surface area contributed by atoms with E-state index in [-0.39, 0.29) is 5.91 Å². The molecule has 6 heteroatoms. The van der Waals surface area contributed by atoms with Gasteiger partial charge in [-0.2, -0.15) is 0 Å². The lowest BCUT2D eigenvalue weighted by atomic mass is 9.93. The van der Waals surface area contributed by atoms with Gasteiger partial charge in [0.05, 0.1) is 12.8 Å². The molecule has 22 heavy (non-hydrogen) atoms. The molecular weight excluding hydrogens is 282 g/mol. The van der Waals surface area contributed by atoms with Crippen LogP contribution in [-0.4, -0.2) is 36.2 Å². The van der Waals surface area contributed by atoms with E-state index in [1.54, 1.807) is 19.2 Å². The minimum atomic E-state index is 0.0389. The number of amides is 1. The van der Waals surface area contributed by atoms with Gasteiger partial charge in [0.2, 0.25) is 5.88 Å². The largest absolute Gasteiger partial charge is 0.497 e. The van der Waals surface area contributed by atoms with E-state index >= 15 is 0 Å². The van der Waals surface area contributed by atoms with Crippen molar-refractivity contribution in [2.24, 2.45) is 0 Å². The van der Waals surface area contributed by atoms with Crippen molar-refractivity contribution in [3.8, 4) is 5.75 Å². The molecule has 1 saturated heterocycles. The number of nitrogens with zero attached hydrogens (tertiary/aromatic N) is 2. The molecule has 6 nitrogen and oxygen atoms in total. The predicted octanol–water partition coefficient (Wildman–Crippen LogP) is 2.29. The van der Waals surface area contributed by atoms with Gasteiger partial charge in [0.25, 0.3) is 5.91 Å². The molecule has 0 unspecified atom stereocenters. The SMILES string of the molecule is COc1cccc(C(=O)N2CCC(c3cc(N)on3)CC2)c1. The monoisotopic (exact) mass is 301 g/mol. The van der Waals surface area contributed by atoms with Crippen molar-refractivity contribution in [1.82, 2.24) is 10.1 Å². The molecule has 1 fully saturated rings. The van der Waals surface area contributed by atoms with Crippen LogP contribution in [0.5, 0.6) is 5.75 Å². The first-order valence-electron chi connectivity index (χ1n) is 7.33. The summed E-state index contributed by atoms with van der Waals surface area (Å²) in [5.41, 5.74) is 7.10. The molecule has 1 aromatic heterocycles. The molecule has 116 valence electrons. The van der Waals surface area contributed by atoms with Gasteiger partial charge in [0.15, 0.2) is 0 Å². The number of likely N-dealkylation sites (tertiary alicyclic amines) is 1. The standard InChI is InChI=1S/C16H19N3O3/c1-21-13-4-2-3-12(9-13)16(20)19-7-5-11(6-8-19)14-10-15(17)22-18-14/h2-4,9-11H,5-8,17H2,1H3. The Kier molecular flexibility index (Phi) is 4.00. The maximum Gasteiger partial charge on any atom is 0.253 e. The van der Waals surface area contributed by atoms with Crippen molar-refractivity contribution in [3.05, 3.63) is 41.6 Å². The van der Waals surface area contributed by atoms with Crippen LogP contribution < -0.4 is 10.5 Å². The number of hydrogen-bond donors (Lipinski definition) is 1. The van der Waals surface area contributed by atoms with E-state index < -0.39 is 0 Å². The normalized spacial score (nSPS) is 15.8. The lowest BCUT2D eigenvalue weighted by molar-refractivity contribution is 0.0711. The quantitative estimate of drug-likeness (QED) is 0.940. The van der Waals surface area contributed by atoms with Gasteiger partial charge >= 0.3 is 0 Å². The fourth-order valence-corrected chi connectivity index (χ4v) is 2.81. The van der Waals surface area contributed by atoms with E-state index in [1.807, 2.05) is 23.1 Å². The summed E-state index contributed by atoms with van der Waals surface area (Å²) >= 11 is 0. The van der Waals surface area contributed by atoms with Crippen LogP contribution in [0.25, 0.3) is 0 Å². The molecule has 1 amide bonds. The third-order valence-corrected chi connectivity index (χ3v) is 4.06. The van der Waals surface area contributed by atoms with Crippen LogP contribution in [0.4, 0.5) is 5.88 Å². The average molecular weight is 301 g/mol. The number of hydrogen-bond acceptors (Lipinski definition) is 5. The number of aromatic nitrogens is 1. The van der Waals surface area contributed by atoms with Gasteiger partial charge in [-0.05, 0) is 31.0 Å². The second-order valence-electron chi connectivity index (χ2n) is 5.45. The van der Waals surface area contributed by atoms with E-state index in [2.05, 4.69) is 5.16 Å². The maximum absolute atomic E-state index is 12.5. The number of carbonyl (C=O) groups is 1. The van der Waals surface area contributed by atoms with Crippen molar-refractivity contribution in [2.75, 3.05) is 25.9 Å². The first kappa shape index (κ1) is 14.4. The average Bonchev–Trinajstić information content (AvgIpc) is 3.01. The zero-order chi connectivity index (χ0) is 15.5. The number of methoxy groups -OCH3 is 1. The number of anilines is 1. The number of benzene rings is 1. The molecule has 2 aromatic rings. The lowest BCUT2D eigenvalue weighted by Crippen LogP contribution is -2.38. The van der Waals surface area contributed by atoms with Crippen molar-refractivity contribution in [1.29, 1.82) is 0 Å². The zero-order valence-corrected chi connectivity index (χ0v) is 12.5. The minimum absolute atomic E-state index is 0.0389. The molecule has 0 saturated carbocycles. The Balaban J connectivity index is 1.64. The van der Waals surface area contributed by atoms with E-state index in [0.717, 1.165) is 18.5 Å². The fourth-order valence-electron chi connectivity index (χ4n) is 2.81. The lowest BCUT2D eigenvalue weighted by Gasteiger charge is -2.31. The van der Waals surface area contributed by atoms with Crippen molar-refractivity contribution < 1.29 is 14.1 Å². The summed E-state index contributed by atoms with van der Waals surface area (Å²) in [7, 11) is 1.60. The highest BCUT2D eigenvalue weighted by Crippen LogP contribution is 2.29. The van der Waals surface area contributed by atoms with Crippen LogP contribution in [0.1, 0.15) is 34.8 Å². The highest BCUT2D eigenvalue weighted by Gasteiger charge is 2.26. The molecule has 2 N–H and O–H groups in total. The molecule has 1 aliphatic rings. The third kappa shape index (κ3) is 2.90. The van der Waals surface area contributed by atoms with E-state index in [4.69, 9.17) is 15.0 Å². The summed E-state index contributed by atoms with van der Waals surface area (Å²) in [5, 5.41) is 3.97. The van der Waals surface area contributed by atoms with Crippen LogP contribution in [0.15, 0.2) is 34.9 Å². The summed E-state index contributed by atoms with van der Waals surface area (Å²) in [4.78, 5) is 14.4. The zero-order valence-electron chi connectivity index (χ0n) is 12.5. The molecule has 3 rings (SSSR count).